The predicted molar refractivity (Wildman–Crippen MR) is 101 cm³/mol. The van der Waals surface area contributed by atoms with Crippen molar-refractivity contribution in [1.29, 1.82) is 0 Å². The van der Waals surface area contributed by atoms with Crippen molar-refractivity contribution in [2.24, 2.45) is 0 Å². The molecule has 132 valence electrons. The Morgan fingerprint density at radius 3 is 2.58 bits per heavy atom. The van der Waals surface area contributed by atoms with Crippen LogP contribution < -0.4 is 11.1 Å². The summed E-state index contributed by atoms with van der Waals surface area (Å²) in [5.74, 6) is -0.299. The van der Waals surface area contributed by atoms with E-state index in [1.807, 2.05) is 30.3 Å². The molecule has 2 aromatic carbocycles. The van der Waals surface area contributed by atoms with Gasteiger partial charge in [0.05, 0.1) is 5.41 Å². The van der Waals surface area contributed by atoms with Crippen molar-refractivity contribution >= 4 is 27.5 Å². The zero-order chi connectivity index (χ0) is 18.1. The molecule has 7 heteroatoms. The van der Waals surface area contributed by atoms with Crippen LogP contribution in [0.25, 0.3) is 11.4 Å². The first kappa shape index (κ1) is 16.8. The number of carbonyl (C=O) groups is 1. The fraction of sp³-hybridized carbons (Fsp3) is 0.211. The summed E-state index contributed by atoms with van der Waals surface area (Å²) in [6.45, 7) is 0. The lowest BCUT2D eigenvalue weighted by molar-refractivity contribution is -0.124. The van der Waals surface area contributed by atoms with Crippen molar-refractivity contribution in [3.05, 3.63) is 69.1 Å². The van der Waals surface area contributed by atoms with E-state index in [0.29, 0.717) is 17.1 Å². The third-order valence-electron chi connectivity index (χ3n) is 4.87. The number of hydrogen-bond donors (Lipinski definition) is 2. The Labute approximate surface area is 157 Å². The fourth-order valence-electron chi connectivity index (χ4n) is 3.30. The first-order valence-corrected chi connectivity index (χ1v) is 9.10. The molecule has 6 nitrogen and oxygen atoms in total. The Morgan fingerprint density at radius 1 is 1.19 bits per heavy atom. The maximum atomic E-state index is 13.0. The van der Waals surface area contributed by atoms with Crippen LogP contribution in [-0.4, -0.2) is 16.0 Å². The molecule has 0 aliphatic heterocycles. The van der Waals surface area contributed by atoms with Crippen LogP contribution in [0.2, 0.25) is 0 Å². The van der Waals surface area contributed by atoms with E-state index in [1.165, 1.54) is 0 Å². The molecule has 4 rings (SSSR count). The van der Waals surface area contributed by atoms with Crippen molar-refractivity contribution in [2.45, 2.75) is 24.7 Å². The van der Waals surface area contributed by atoms with Crippen molar-refractivity contribution in [3.63, 3.8) is 0 Å². The summed E-state index contributed by atoms with van der Waals surface area (Å²) < 4.78 is 5.53. The summed E-state index contributed by atoms with van der Waals surface area (Å²) in [4.78, 5) is 26.7. The van der Waals surface area contributed by atoms with Gasteiger partial charge in [0.25, 0.3) is 0 Å². The summed E-state index contributed by atoms with van der Waals surface area (Å²) >= 11 is 3.44. The number of nitrogens with zero attached hydrogens (tertiary/aromatic N) is 1. The molecule has 1 saturated carbocycles. The van der Waals surface area contributed by atoms with Crippen molar-refractivity contribution < 1.29 is 9.32 Å². The van der Waals surface area contributed by atoms with Crippen LogP contribution in [0.4, 0.5) is 5.69 Å². The maximum Gasteiger partial charge on any atom is 0.439 e. The average Bonchev–Trinajstić information content (AvgIpc) is 3.02. The molecule has 1 aliphatic carbocycles. The SMILES string of the molecule is O=C(Nc1cccc(-c2noc(=O)[nH]2)c1)C1(c2ccc(Br)cc2)CCC1. The van der Waals surface area contributed by atoms with Crippen LogP contribution in [0, 0.1) is 0 Å². The molecule has 0 spiro atoms. The summed E-state index contributed by atoms with van der Waals surface area (Å²) in [7, 11) is 0. The second-order valence-electron chi connectivity index (χ2n) is 6.42. The highest BCUT2D eigenvalue weighted by atomic mass is 79.9. The summed E-state index contributed by atoms with van der Waals surface area (Å²) in [5.41, 5.74) is 1.86. The molecule has 0 atom stereocenters. The van der Waals surface area contributed by atoms with E-state index in [9.17, 15) is 9.59 Å². The molecular formula is C19H16BrN3O3. The normalized spacial score (nSPS) is 15.3. The number of benzene rings is 2. The second-order valence-corrected chi connectivity index (χ2v) is 7.34. The topological polar surface area (TPSA) is 88.0 Å². The Hall–Kier alpha value is -2.67. The number of rotatable bonds is 4. The number of carbonyl (C=O) groups excluding carboxylic acids is 1. The van der Waals surface area contributed by atoms with Gasteiger partial charge in [0.2, 0.25) is 5.91 Å². The highest BCUT2D eigenvalue weighted by Gasteiger charge is 2.45. The molecule has 0 unspecified atom stereocenters. The third kappa shape index (κ3) is 2.99. The molecule has 1 aliphatic rings. The van der Waals surface area contributed by atoms with Gasteiger partial charge in [0.15, 0.2) is 5.82 Å². The standard InChI is InChI=1S/C19H16BrN3O3/c20-14-7-5-13(6-8-14)19(9-2-10-19)17(24)21-15-4-1-3-12(11-15)16-22-18(25)26-23-16/h1,3-8,11H,2,9-10H2,(H,21,24)(H,22,23,25). The van der Waals surface area contributed by atoms with Gasteiger partial charge in [-0.3, -0.25) is 14.3 Å². The minimum atomic E-state index is -0.613. The van der Waals surface area contributed by atoms with Gasteiger partial charge in [0.1, 0.15) is 0 Å². The Balaban J connectivity index is 1.59. The highest BCUT2D eigenvalue weighted by Crippen LogP contribution is 2.45. The van der Waals surface area contributed by atoms with Crippen LogP contribution >= 0.6 is 15.9 Å². The predicted octanol–water partition coefficient (Wildman–Crippen LogP) is 3.85. The number of nitrogens with one attached hydrogen (secondary N) is 2. The minimum Gasteiger partial charge on any atom is -0.325 e. The smallest absolute Gasteiger partial charge is 0.325 e. The van der Waals surface area contributed by atoms with E-state index in [1.54, 1.807) is 18.2 Å². The molecule has 0 bridgehead atoms. The number of amides is 1. The number of halogens is 1. The van der Waals surface area contributed by atoms with Gasteiger partial charge in [0, 0.05) is 15.7 Å². The summed E-state index contributed by atoms with van der Waals surface area (Å²) in [5, 5.41) is 6.69. The number of H-pyrrole nitrogens is 1. The van der Waals surface area contributed by atoms with Gasteiger partial charge in [-0.2, -0.15) is 0 Å². The van der Waals surface area contributed by atoms with Crippen molar-refractivity contribution in [1.82, 2.24) is 10.1 Å². The number of aromatic amines is 1. The molecule has 1 heterocycles. The van der Waals surface area contributed by atoms with Gasteiger partial charge >= 0.3 is 5.76 Å². The lowest BCUT2D eigenvalue weighted by Gasteiger charge is -2.40. The van der Waals surface area contributed by atoms with Crippen LogP contribution in [-0.2, 0) is 10.2 Å². The molecule has 1 amide bonds. The van der Waals surface area contributed by atoms with Crippen LogP contribution in [0.1, 0.15) is 24.8 Å². The molecule has 3 aromatic rings. The fourth-order valence-corrected chi connectivity index (χ4v) is 3.56. The molecule has 0 saturated heterocycles. The van der Waals surface area contributed by atoms with Crippen LogP contribution in [0.15, 0.2) is 62.3 Å². The van der Waals surface area contributed by atoms with Gasteiger partial charge in [-0.15, -0.1) is 0 Å². The molecule has 0 radical (unpaired) electrons. The average molecular weight is 414 g/mol. The quantitative estimate of drug-likeness (QED) is 0.679. The molecule has 1 aromatic heterocycles. The van der Waals surface area contributed by atoms with Crippen LogP contribution in [0.3, 0.4) is 0 Å². The Morgan fingerprint density at radius 2 is 1.96 bits per heavy atom. The van der Waals surface area contributed by atoms with E-state index in [2.05, 4.69) is 35.9 Å². The molecule has 1 fully saturated rings. The zero-order valence-corrected chi connectivity index (χ0v) is 15.4. The highest BCUT2D eigenvalue weighted by molar-refractivity contribution is 9.10. The van der Waals surface area contributed by atoms with Crippen molar-refractivity contribution in [2.75, 3.05) is 5.32 Å². The van der Waals surface area contributed by atoms with Gasteiger partial charge in [-0.05, 0) is 42.7 Å². The minimum absolute atomic E-state index is 0.0168. The van der Waals surface area contributed by atoms with E-state index in [0.717, 1.165) is 29.3 Å². The van der Waals surface area contributed by atoms with Crippen LogP contribution in [0.5, 0.6) is 0 Å². The molecule has 2 N–H and O–H groups in total. The first-order valence-electron chi connectivity index (χ1n) is 8.31. The number of aromatic nitrogens is 2. The van der Waals surface area contributed by atoms with E-state index >= 15 is 0 Å². The summed E-state index contributed by atoms with van der Waals surface area (Å²) in [6, 6.07) is 15.1. The van der Waals surface area contributed by atoms with Gasteiger partial charge in [-0.25, -0.2) is 4.79 Å². The first-order chi connectivity index (χ1) is 12.6. The Kier molecular flexibility index (Phi) is 4.24. The monoisotopic (exact) mass is 413 g/mol. The second kappa shape index (κ2) is 6.57. The zero-order valence-electron chi connectivity index (χ0n) is 13.8. The maximum absolute atomic E-state index is 13.0. The van der Waals surface area contributed by atoms with E-state index in [-0.39, 0.29) is 5.91 Å². The van der Waals surface area contributed by atoms with E-state index in [4.69, 9.17) is 0 Å². The molecule has 26 heavy (non-hydrogen) atoms. The largest absolute Gasteiger partial charge is 0.439 e. The van der Waals surface area contributed by atoms with E-state index < -0.39 is 11.2 Å². The number of anilines is 1. The van der Waals surface area contributed by atoms with Gasteiger partial charge in [-0.1, -0.05) is 51.8 Å². The Bertz CT molecular complexity index is 1000. The third-order valence-corrected chi connectivity index (χ3v) is 5.40. The lowest BCUT2D eigenvalue weighted by Crippen LogP contribution is -2.46. The lowest BCUT2D eigenvalue weighted by atomic mass is 9.64. The molecular weight excluding hydrogens is 398 g/mol. The van der Waals surface area contributed by atoms with Crippen molar-refractivity contribution in [3.8, 4) is 11.4 Å². The number of hydrogen-bond acceptors (Lipinski definition) is 4. The van der Waals surface area contributed by atoms with Gasteiger partial charge < -0.3 is 5.32 Å². The summed E-state index contributed by atoms with van der Waals surface area (Å²) in [6.07, 6.45) is 2.69.